The lowest BCUT2D eigenvalue weighted by Gasteiger charge is -2.50. The SMILES string of the molecule is CCCCN(C(=O)C(C)Oc1ccccc1)C1CC(C)(C)NC(C)(C)C1. The van der Waals surface area contributed by atoms with E-state index in [0.717, 1.165) is 38.0 Å². The van der Waals surface area contributed by atoms with Crippen molar-refractivity contribution >= 4 is 5.91 Å². The van der Waals surface area contributed by atoms with Gasteiger partial charge in [-0.05, 0) is 66.0 Å². The van der Waals surface area contributed by atoms with Gasteiger partial charge >= 0.3 is 0 Å². The highest BCUT2D eigenvalue weighted by atomic mass is 16.5. The Hall–Kier alpha value is -1.55. The van der Waals surface area contributed by atoms with Crippen LogP contribution in [0, 0.1) is 0 Å². The summed E-state index contributed by atoms with van der Waals surface area (Å²) in [5, 5.41) is 3.71. The predicted octanol–water partition coefficient (Wildman–Crippen LogP) is 4.39. The molecule has 1 fully saturated rings. The summed E-state index contributed by atoms with van der Waals surface area (Å²) in [7, 11) is 0. The van der Waals surface area contributed by atoms with Gasteiger partial charge in [-0.3, -0.25) is 4.79 Å². The lowest BCUT2D eigenvalue weighted by molar-refractivity contribution is -0.142. The molecule has 1 heterocycles. The fourth-order valence-electron chi connectivity index (χ4n) is 4.28. The maximum atomic E-state index is 13.3. The second kappa shape index (κ2) is 8.43. The maximum absolute atomic E-state index is 13.3. The Morgan fingerprint density at radius 2 is 1.77 bits per heavy atom. The molecule has 1 aromatic rings. The molecule has 1 N–H and O–H groups in total. The Morgan fingerprint density at radius 1 is 1.19 bits per heavy atom. The first-order valence-electron chi connectivity index (χ1n) is 9.95. The first kappa shape index (κ1) is 20.8. The normalized spacial score (nSPS) is 20.4. The van der Waals surface area contributed by atoms with Crippen LogP contribution in [0.1, 0.15) is 67.2 Å². The molecular weight excluding hydrogens is 324 g/mol. The van der Waals surface area contributed by atoms with Crippen molar-refractivity contribution in [1.82, 2.24) is 10.2 Å². The van der Waals surface area contributed by atoms with Gasteiger partial charge in [0.1, 0.15) is 5.75 Å². The van der Waals surface area contributed by atoms with Crippen LogP contribution in [0.3, 0.4) is 0 Å². The van der Waals surface area contributed by atoms with Gasteiger partial charge in [0.15, 0.2) is 6.10 Å². The molecule has 4 heteroatoms. The van der Waals surface area contributed by atoms with Crippen molar-refractivity contribution in [2.75, 3.05) is 6.54 Å². The van der Waals surface area contributed by atoms with Crippen molar-refractivity contribution in [2.24, 2.45) is 0 Å². The Balaban J connectivity index is 2.15. The predicted molar refractivity (Wildman–Crippen MR) is 107 cm³/mol. The number of ether oxygens (including phenoxy) is 1. The van der Waals surface area contributed by atoms with E-state index < -0.39 is 6.10 Å². The number of nitrogens with one attached hydrogen (secondary N) is 1. The third-order valence-corrected chi connectivity index (χ3v) is 5.05. The van der Waals surface area contributed by atoms with Crippen LogP contribution in [0.15, 0.2) is 30.3 Å². The Morgan fingerprint density at radius 3 is 2.31 bits per heavy atom. The second-order valence-corrected chi connectivity index (χ2v) is 8.91. The molecule has 1 aromatic carbocycles. The number of carbonyl (C=O) groups excluding carboxylic acids is 1. The molecule has 0 radical (unpaired) electrons. The molecule has 1 unspecified atom stereocenters. The van der Waals surface area contributed by atoms with E-state index in [4.69, 9.17) is 4.74 Å². The molecular formula is C22H36N2O2. The van der Waals surface area contributed by atoms with Crippen LogP contribution < -0.4 is 10.1 Å². The standard InChI is InChI=1S/C22H36N2O2/c1-7-8-14-24(18-15-21(3,4)23-22(5,6)16-18)20(25)17(2)26-19-12-10-9-11-13-19/h9-13,17-18,23H,7-8,14-16H2,1-6H3. The Labute approximate surface area is 159 Å². The molecule has 0 saturated carbocycles. The summed E-state index contributed by atoms with van der Waals surface area (Å²) >= 11 is 0. The van der Waals surface area contributed by atoms with Crippen molar-refractivity contribution in [2.45, 2.75) is 90.4 Å². The minimum atomic E-state index is -0.477. The third kappa shape index (κ3) is 5.73. The number of nitrogens with zero attached hydrogens (tertiary/aromatic N) is 1. The summed E-state index contributed by atoms with van der Waals surface area (Å²) in [4.78, 5) is 15.3. The molecule has 2 rings (SSSR count). The summed E-state index contributed by atoms with van der Waals surface area (Å²) in [6, 6.07) is 9.85. The van der Waals surface area contributed by atoms with Gasteiger partial charge < -0.3 is 15.0 Å². The summed E-state index contributed by atoms with van der Waals surface area (Å²) in [5.74, 6) is 0.843. The van der Waals surface area contributed by atoms with Crippen molar-refractivity contribution in [3.8, 4) is 5.75 Å². The van der Waals surface area contributed by atoms with E-state index in [1.807, 2.05) is 37.3 Å². The minimum Gasteiger partial charge on any atom is -0.481 e. The van der Waals surface area contributed by atoms with Gasteiger partial charge in [0.25, 0.3) is 5.91 Å². The zero-order valence-electron chi connectivity index (χ0n) is 17.3. The average molecular weight is 361 g/mol. The van der Waals surface area contributed by atoms with Crippen LogP contribution >= 0.6 is 0 Å². The van der Waals surface area contributed by atoms with E-state index in [1.165, 1.54) is 0 Å². The summed E-state index contributed by atoms with van der Waals surface area (Å²) in [6.45, 7) is 13.8. The molecule has 0 spiro atoms. The zero-order chi connectivity index (χ0) is 19.4. The van der Waals surface area contributed by atoms with Crippen LogP contribution in [0.5, 0.6) is 5.75 Å². The molecule has 4 nitrogen and oxygen atoms in total. The number of piperidine rings is 1. The summed E-state index contributed by atoms with van der Waals surface area (Å²) in [5.41, 5.74) is 0.0291. The highest BCUT2D eigenvalue weighted by molar-refractivity contribution is 5.81. The zero-order valence-corrected chi connectivity index (χ0v) is 17.3. The van der Waals surface area contributed by atoms with Crippen molar-refractivity contribution in [3.63, 3.8) is 0 Å². The smallest absolute Gasteiger partial charge is 0.263 e. The fourth-order valence-corrected chi connectivity index (χ4v) is 4.28. The molecule has 146 valence electrons. The molecule has 1 saturated heterocycles. The molecule has 1 aliphatic rings. The van der Waals surface area contributed by atoms with E-state index in [2.05, 4.69) is 44.8 Å². The number of benzene rings is 1. The van der Waals surface area contributed by atoms with Crippen LogP contribution in [-0.2, 0) is 4.79 Å². The van der Waals surface area contributed by atoms with Gasteiger partial charge in [0.05, 0.1) is 0 Å². The topological polar surface area (TPSA) is 41.6 Å². The van der Waals surface area contributed by atoms with Crippen LogP contribution in [-0.4, -0.2) is 40.6 Å². The maximum Gasteiger partial charge on any atom is 0.263 e. The van der Waals surface area contributed by atoms with Gasteiger partial charge in [-0.1, -0.05) is 31.5 Å². The lowest BCUT2D eigenvalue weighted by atomic mass is 9.79. The van der Waals surface area contributed by atoms with Crippen molar-refractivity contribution in [3.05, 3.63) is 30.3 Å². The molecule has 0 bridgehead atoms. The third-order valence-electron chi connectivity index (χ3n) is 5.05. The highest BCUT2D eigenvalue weighted by Crippen LogP contribution is 2.32. The number of carbonyl (C=O) groups is 1. The van der Waals surface area contributed by atoms with E-state index >= 15 is 0 Å². The largest absolute Gasteiger partial charge is 0.481 e. The van der Waals surface area contributed by atoms with Gasteiger partial charge in [-0.25, -0.2) is 0 Å². The fraction of sp³-hybridized carbons (Fsp3) is 0.682. The van der Waals surface area contributed by atoms with Crippen molar-refractivity contribution in [1.29, 1.82) is 0 Å². The molecule has 0 aliphatic carbocycles. The highest BCUT2D eigenvalue weighted by Gasteiger charge is 2.41. The quantitative estimate of drug-likeness (QED) is 0.784. The molecule has 1 amide bonds. The molecule has 1 aliphatic heterocycles. The van der Waals surface area contributed by atoms with Crippen molar-refractivity contribution < 1.29 is 9.53 Å². The molecule has 1 atom stereocenters. The minimum absolute atomic E-state index is 0.0146. The second-order valence-electron chi connectivity index (χ2n) is 8.91. The number of para-hydroxylation sites is 1. The Kier molecular flexibility index (Phi) is 6.73. The van der Waals surface area contributed by atoms with Gasteiger partial charge in [-0.2, -0.15) is 0 Å². The average Bonchev–Trinajstić information content (AvgIpc) is 2.53. The van der Waals surface area contributed by atoms with Gasteiger partial charge in [0.2, 0.25) is 0 Å². The number of hydrogen-bond acceptors (Lipinski definition) is 3. The first-order valence-corrected chi connectivity index (χ1v) is 9.95. The number of unbranched alkanes of at least 4 members (excludes halogenated alkanes) is 1. The van der Waals surface area contributed by atoms with E-state index in [9.17, 15) is 4.79 Å². The Bertz CT molecular complexity index is 567. The van der Waals surface area contributed by atoms with E-state index in [-0.39, 0.29) is 23.0 Å². The van der Waals surface area contributed by atoms with E-state index in [0.29, 0.717) is 0 Å². The van der Waals surface area contributed by atoms with E-state index in [1.54, 1.807) is 0 Å². The van der Waals surface area contributed by atoms with Crippen LogP contribution in [0.25, 0.3) is 0 Å². The lowest BCUT2D eigenvalue weighted by Crippen LogP contribution is -2.63. The first-order chi connectivity index (χ1) is 12.1. The van der Waals surface area contributed by atoms with Crippen LogP contribution in [0.4, 0.5) is 0 Å². The number of amides is 1. The number of rotatable bonds is 7. The number of hydrogen-bond donors (Lipinski definition) is 1. The molecule has 0 aromatic heterocycles. The van der Waals surface area contributed by atoms with Gasteiger partial charge in [-0.15, -0.1) is 0 Å². The van der Waals surface area contributed by atoms with Gasteiger partial charge in [0, 0.05) is 23.7 Å². The molecule has 26 heavy (non-hydrogen) atoms. The monoisotopic (exact) mass is 360 g/mol. The van der Waals surface area contributed by atoms with Crippen LogP contribution in [0.2, 0.25) is 0 Å². The summed E-state index contributed by atoms with van der Waals surface area (Å²) in [6.07, 6.45) is 3.55. The summed E-state index contributed by atoms with van der Waals surface area (Å²) < 4.78 is 5.93.